The number of methoxy groups -OCH3 is 1. The first-order valence-corrected chi connectivity index (χ1v) is 10.5. The third-order valence-electron chi connectivity index (χ3n) is 4.92. The highest BCUT2D eigenvalue weighted by Gasteiger charge is 2.06. The van der Waals surface area contributed by atoms with Crippen LogP contribution in [-0.4, -0.2) is 25.8 Å². The Morgan fingerprint density at radius 3 is 2.45 bits per heavy atom. The van der Waals surface area contributed by atoms with Crippen LogP contribution in [0, 0.1) is 0 Å². The molecular formula is C27H24N2O4. The lowest BCUT2D eigenvalue weighted by molar-refractivity contribution is -0.123. The van der Waals surface area contributed by atoms with Gasteiger partial charge in [0.1, 0.15) is 12.4 Å². The summed E-state index contributed by atoms with van der Waals surface area (Å²) in [6, 6.07) is 29.0. The molecule has 4 aromatic carbocycles. The van der Waals surface area contributed by atoms with Crippen molar-refractivity contribution in [1.29, 1.82) is 0 Å². The molecule has 166 valence electrons. The molecule has 0 spiro atoms. The number of hydrogen-bond acceptors (Lipinski definition) is 5. The second-order valence-electron chi connectivity index (χ2n) is 7.28. The number of nitrogens with one attached hydrogen (secondary N) is 1. The SMILES string of the molecule is COc1cc(C=NNC(=O)COc2ccc3ccccc3c2)ccc1OCc1ccccc1. The molecule has 0 aromatic heterocycles. The zero-order valence-corrected chi connectivity index (χ0v) is 18.2. The number of amides is 1. The van der Waals surface area contributed by atoms with Crippen LogP contribution in [0.25, 0.3) is 10.8 Å². The van der Waals surface area contributed by atoms with Gasteiger partial charge in [-0.15, -0.1) is 0 Å². The molecule has 6 heteroatoms. The summed E-state index contributed by atoms with van der Waals surface area (Å²) in [7, 11) is 1.58. The molecular weight excluding hydrogens is 416 g/mol. The molecule has 0 aliphatic carbocycles. The maximum Gasteiger partial charge on any atom is 0.277 e. The van der Waals surface area contributed by atoms with Gasteiger partial charge in [0, 0.05) is 0 Å². The van der Waals surface area contributed by atoms with Gasteiger partial charge in [0.05, 0.1) is 13.3 Å². The monoisotopic (exact) mass is 440 g/mol. The molecule has 4 rings (SSSR count). The van der Waals surface area contributed by atoms with Crippen molar-refractivity contribution < 1.29 is 19.0 Å². The molecule has 0 radical (unpaired) electrons. The van der Waals surface area contributed by atoms with Gasteiger partial charge in [0.15, 0.2) is 18.1 Å². The van der Waals surface area contributed by atoms with E-state index in [1.807, 2.05) is 84.9 Å². The molecule has 0 atom stereocenters. The van der Waals surface area contributed by atoms with Gasteiger partial charge in [-0.05, 0) is 52.2 Å². The van der Waals surface area contributed by atoms with Gasteiger partial charge < -0.3 is 14.2 Å². The van der Waals surface area contributed by atoms with Crippen LogP contribution in [0.5, 0.6) is 17.2 Å². The van der Waals surface area contributed by atoms with Crippen molar-refractivity contribution in [2.45, 2.75) is 6.61 Å². The summed E-state index contributed by atoms with van der Waals surface area (Å²) in [5.74, 6) is 1.49. The lowest BCUT2D eigenvalue weighted by Gasteiger charge is -2.11. The second-order valence-corrected chi connectivity index (χ2v) is 7.28. The molecule has 1 N–H and O–H groups in total. The van der Waals surface area contributed by atoms with Gasteiger partial charge in [-0.25, -0.2) is 5.43 Å². The standard InChI is InChI=1S/C27H24N2O4/c1-31-26-15-21(11-14-25(26)33-18-20-7-3-2-4-8-20)17-28-29-27(30)19-32-24-13-12-22-9-5-6-10-23(22)16-24/h2-17H,18-19H2,1H3,(H,29,30). The van der Waals surface area contributed by atoms with Crippen LogP contribution in [0.15, 0.2) is 96.1 Å². The molecule has 0 saturated heterocycles. The summed E-state index contributed by atoms with van der Waals surface area (Å²) in [6.07, 6.45) is 1.54. The van der Waals surface area contributed by atoms with Crippen molar-refractivity contribution in [2.75, 3.05) is 13.7 Å². The number of rotatable bonds is 9. The van der Waals surface area contributed by atoms with E-state index in [0.29, 0.717) is 23.9 Å². The number of carbonyl (C=O) groups excluding carboxylic acids is 1. The van der Waals surface area contributed by atoms with E-state index >= 15 is 0 Å². The molecule has 0 bridgehead atoms. The number of ether oxygens (including phenoxy) is 3. The molecule has 0 heterocycles. The van der Waals surface area contributed by atoms with Crippen molar-refractivity contribution in [2.24, 2.45) is 5.10 Å². The van der Waals surface area contributed by atoms with Crippen molar-refractivity contribution in [3.63, 3.8) is 0 Å². The molecule has 0 fully saturated rings. The van der Waals surface area contributed by atoms with Crippen LogP contribution in [-0.2, 0) is 11.4 Å². The maximum absolute atomic E-state index is 12.1. The Labute approximate surface area is 192 Å². The predicted octanol–water partition coefficient (Wildman–Crippen LogP) is 4.96. The van der Waals surface area contributed by atoms with E-state index in [1.54, 1.807) is 13.2 Å². The van der Waals surface area contributed by atoms with Crippen molar-refractivity contribution >= 4 is 22.9 Å². The minimum absolute atomic E-state index is 0.134. The quantitative estimate of drug-likeness (QED) is 0.295. The molecule has 0 unspecified atom stereocenters. The Morgan fingerprint density at radius 2 is 1.64 bits per heavy atom. The Kier molecular flexibility index (Phi) is 7.18. The molecule has 0 aliphatic rings. The van der Waals surface area contributed by atoms with Gasteiger partial charge >= 0.3 is 0 Å². The van der Waals surface area contributed by atoms with Crippen molar-refractivity contribution in [3.8, 4) is 17.2 Å². The maximum atomic E-state index is 12.1. The smallest absolute Gasteiger partial charge is 0.277 e. The van der Waals surface area contributed by atoms with Crippen molar-refractivity contribution in [1.82, 2.24) is 5.43 Å². The van der Waals surface area contributed by atoms with E-state index in [0.717, 1.165) is 21.9 Å². The van der Waals surface area contributed by atoms with E-state index < -0.39 is 0 Å². The number of fused-ring (bicyclic) bond motifs is 1. The Bertz CT molecular complexity index is 1260. The number of benzene rings is 4. The molecule has 0 aliphatic heterocycles. The van der Waals surface area contributed by atoms with E-state index in [2.05, 4.69) is 10.5 Å². The topological polar surface area (TPSA) is 69.2 Å². The van der Waals surface area contributed by atoms with Crippen LogP contribution in [0.1, 0.15) is 11.1 Å². The minimum Gasteiger partial charge on any atom is -0.493 e. The normalized spacial score (nSPS) is 10.8. The van der Waals surface area contributed by atoms with E-state index in [9.17, 15) is 4.79 Å². The zero-order chi connectivity index (χ0) is 22.9. The summed E-state index contributed by atoms with van der Waals surface area (Å²) in [4.78, 5) is 12.1. The van der Waals surface area contributed by atoms with E-state index in [-0.39, 0.29) is 12.5 Å². The van der Waals surface area contributed by atoms with Gasteiger partial charge in [-0.1, -0.05) is 60.7 Å². The van der Waals surface area contributed by atoms with Gasteiger partial charge in [-0.2, -0.15) is 5.10 Å². The van der Waals surface area contributed by atoms with E-state index in [1.165, 1.54) is 6.21 Å². The lowest BCUT2D eigenvalue weighted by Crippen LogP contribution is -2.24. The average Bonchev–Trinajstić information content (AvgIpc) is 2.87. The van der Waals surface area contributed by atoms with Crippen LogP contribution >= 0.6 is 0 Å². The molecule has 0 saturated carbocycles. The number of carbonyl (C=O) groups is 1. The third-order valence-corrected chi connectivity index (χ3v) is 4.92. The van der Waals surface area contributed by atoms with Gasteiger partial charge in [-0.3, -0.25) is 4.79 Å². The summed E-state index contributed by atoms with van der Waals surface area (Å²) in [5.41, 5.74) is 4.30. The zero-order valence-electron chi connectivity index (χ0n) is 18.2. The minimum atomic E-state index is -0.353. The first-order valence-electron chi connectivity index (χ1n) is 10.5. The van der Waals surface area contributed by atoms with Gasteiger partial charge in [0.25, 0.3) is 5.91 Å². The first-order chi connectivity index (χ1) is 16.2. The summed E-state index contributed by atoms with van der Waals surface area (Å²) >= 11 is 0. The fourth-order valence-corrected chi connectivity index (χ4v) is 3.24. The van der Waals surface area contributed by atoms with Gasteiger partial charge in [0.2, 0.25) is 0 Å². The Morgan fingerprint density at radius 1 is 0.848 bits per heavy atom. The summed E-state index contributed by atoms with van der Waals surface area (Å²) in [6.45, 7) is 0.309. The second kappa shape index (κ2) is 10.8. The van der Waals surface area contributed by atoms with Crippen LogP contribution in [0.4, 0.5) is 0 Å². The lowest BCUT2D eigenvalue weighted by atomic mass is 10.1. The van der Waals surface area contributed by atoms with Crippen LogP contribution in [0.2, 0.25) is 0 Å². The molecule has 4 aromatic rings. The highest BCUT2D eigenvalue weighted by Crippen LogP contribution is 2.28. The van der Waals surface area contributed by atoms with Crippen molar-refractivity contribution in [3.05, 3.63) is 102 Å². The number of hydrogen-bond donors (Lipinski definition) is 1. The highest BCUT2D eigenvalue weighted by atomic mass is 16.5. The number of hydrazone groups is 1. The molecule has 33 heavy (non-hydrogen) atoms. The van der Waals surface area contributed by atoms with Crippen LogP contribution in [0.3, 0.4) is 0 Å². The fourth-order valence-electron chi connectivity index (χ4n) is 3.24. The Balaban J connectivity index is 1.29. The molecule has 6 nitrogen and oxygen atoms in total. The third kappa shape index (κ3) is 6.11. The highest BCUT2D eigenvalue weighted by molar-refractivity contribution is 5.85. The summed E-state index contributed by atoms with van der Waals surface area (Å²) < 4.78 is 16.9. The predicted molar refractivity (Wildman–Crippen MR) is 129 cm³/mol. The Hall–Kier alpha value is -4.32. The molecule has 1 amide bonds. The largest absolute Gasteiger partial charge is 0.493 e. The average molecular weight is 440 g/mol. The first kappa shape index (κ1) is 21.9. The van der Waals surface area contributed by atoms with Crippen LogP contribution < -0.4 is 19.6 Å². The van der Waals surface area contributed by atoms with E-state index in [4.69, 9.17) is 14.2 Å². The number of nitrogens with zero attached hydrogens (tertiary/aromatic N) is 1. The summed E-state index contributed by atoms with van der Waals surface area (Å²) in [5, 5.41) is 6.17. The fraction of sp³-hybridized carbons (Fsp3) is 0.111.